The first kappa shape index (κ1) is 31.7. The molecular weight excluding hydrogens is 615 g/mol. The fourth-order valence-electron chi connectivity index (χ4n) is 11.3. The van der Waals surface area contributed by atoms with Gasteiger partial charge in [0, 0.05) is 52.7 Å². The van der Waals surface area contributed by atoms with Crippen molar-refractivity contribution in [1.82, 2.24) is 0 Å². The summed E-state index contributed by atoms with van der Waals surface area (Å²) in [6, 6.07) is 35.9. The molecule has 3 aliphatic carbocycles. The van der Waals surface area contributed by atoms with Gasteiger partial charge in [0.25, 0.3) is 0 Å². The third-order valence-electron chi connectivity index (χ3n) is 12.4. The van der Waals surface area contributed by atoms with Crippen molar-refractivity contribution < 1.29 is 14.2 Å². The van der Waals surface area contributed by atoms with Gasteiger partial charge in [0.2, 0.25) is 0 Å². The number of hydrogen-bond donors (Lipinski definition) is 0. The van der Waals surface area contributed by atoms with Crippen LogP contribution in [0, 0.1) is 16.7 Å². The molecule has 4 aromatic carbocycles. The highest BCUT2D eigenvalue weighted by atomic mass is 16.5. The third kappa shape index (κ3) is 4.82. The first-order valence-electron chi connectivity index (χ1n) is 18.5. The van der Waals surface area contributed by atoms with E-state index in [9.17, 15) is 0 Å². The number of methoxy groups -OCH3 is 1. The van der Waals surface area contributed by atoms with Crippen molar-refractivity contribution >= 4 is 11.4 Å². The summed E-state index contributed by atoms with van der Waals surface area (Å²) in [5, 5.41) is 0. The van der Waals surface area contributed by atoms with Gasteiger partial charge in [0.15, 0.2) is 5.60 Å². The predicted molar refractivity (Wildman–Crippen MR) is 202 cm³/mol. The smallest absolute Gasteiger partial charge is 0.178 e. The van der Waals surface area contributed by atoms with Crippen molar-refractivity contribution in [2.75, 3.05) is 38.3 Å². The normalized spacial score (nSPS) is 26.8. The Morgan fingerprint density at radius 3 is 2.12 bits per heavy atom. The van der Waals surface area contributed by atoms with Gasteiger partial charge in [-0.1, -0.05) is 107 Å². The lowest BCUT2D eigenvalue weighted by molar-refractivity contribution is 0.0228. The average molecular weight is 664 g/mol. The highest BCUT2D eigenvalue weighted by molar-refractivity contribution is 5.79. The Hall–Kier alpha value is -4.28. The Labute approximate surface area is 297 Å². The first-order chi connectivity index (χ1) is 24.1. The topological polar surface area (TPSA) is 30.9 Å². The van der Waals surface area contributed by atoms with Crippen LogP contribution < -0.4 is 9.64 Å². The highest BCUT2D eigenvalue weighted by Crippen LogP contribution is 2.70. The molecule has 0 bridgehead atoms. The van der Waals surface area contributed by atoms with Crippen LogP contribution in [0.15, 0.2) is 115 Å². The molecular formula is C46H49NO3. The van der Waals surface area contributed by atoms with Crippen LogP contribution in [0.4, 0.5) is 5.69 Å². The van der Waals surface area contributed by atoms with Crippen molar-refractivity contribution in [3.8, 4) is 5.75 Å². The van der Waals surface area contributed by atoms with Crippen LogP contribution in [-0.4, -0.2) is 33.4 Å². The van der Waals surface area contributed by atoms with Crippen LogP contribution >= 0.6 is 0 Å². The Kier molecular flexibility index (Phi) is 7.20. The highest BCUT2D eigenvalue weighted by Gasteiger charge is 2.62. The van der Waals surface area contributed by atoms with Crippen LogP contribution in [0.3, 0.4) is 0 Å². The maximum Gasteiger partial charge on any atom is 0.178 e. The zero-order chi connectivity index (χ0) is 34.3. The van der Waals surface area contributed by atoms with Crippen molar-refractivity contribution in [2.24, 2.45) is 16.7 Å². The van der Waals surface area contributed by atoms with Crippen molar-refractivity contribution in [3.63, 3.8) is 0 Å². The van der Waals surface area contributed by atoms with Gasteiger partial charge in [-0.3, -0.25) is 0 Å². The van der Waals surface area contributed by atoms with Crippen LogP contribution in [0.1, 0.15) is 86.3 Å². The van der Waals surface area contributed by atoms with Gasteiger partial charge in [-0.25, -0.2) is 0 Å². The lowest BCUT2D eigenvalue weighted by atomic mass is 9.49. The second-order valence-corrected chi connectivity index (χ2v) is 17.0. The summed E-state index contributed by atoms with van der Waals surface area (Å²) in [6.45, 7) is 13.3. The Morgan fingerprint density at radius 2 is 1.40 bits per heavy atom. The molecule has 9 rings (SSSR count). The summed E-state index contributed by atoms with van der Waals surface area (Å²) in [7, 11) is 1.76. The Bertz CT molecular complexity index is 1980. The van der Waals surface area contributed by atoms with Gasteiger partial charge in [-0.05, 0) is 82.7 Å². The molecule has 50 heavy (non-hydrogen) atoms. The summed E-state index contributed by atoms with van der Waals surface area (Å²) >= 11 is 0. The van der Waals surface area contributed by atoms with Crippen LogP contribution in [0.5, 0.6) is 5.75 Å². The molecule has 0 N–H and O–H groups in total. The molecule has 0 amide bonds. The van der Waals surface area contributed by atoms with Gasteiger partial charge in [-0.15, -0.1) is 0 Å². The van der Waals surface area contributed by atoms with E-state index < -0.39 is 5.60 Å². The SMILES string of the molecule is COc1ccc2c(c1)C1=C(C=CC(c3ccccc3)(c3ccc(N4CCOCC4)cc3)O1)C1C2c2ccccc2C12CC(C)(C)CC(C)(C)C2. The molecule has 4 aromatic rings. The van der Waals surface area contributed by atoms with Gasteiger partial charge < -0.3 is 19.1 Å². The molecule has 1 spiro atoms. The van der Waals surface area contributed by atoms with Crippen molar-refractivity contribution in [2.45, 2.75) is 63.9 Å². The average Bonchev–Trinajstić information content (AvgIpc) is 3.39. The summed E-state index contributed by atoms with van der Waals surface area (Å²) in [6.07, 6.45) is 8.37. The standard InChI is InChI=1S/C46H49NO3/c1-43(2)28-44(3,4)30-45(29-43)39-14-10-9-13-36(39)40-35-20-19-34(48-5)27-38(35)42-37(41(40)45)21-22-46(50-42,31-11-7-6-8-12-31)32-15-17-33(18-16-32)47-23-25-49-26-24-47/h6-22,27,40-41H,23-26,28-30H2,1-5H3. The largest absolute Gasteiger partial charge is 0.497 e. The predicted octanol–water partition coefficient (Wildman–Crippen LogP) is 10.0. The van der Waals surface area contributed by atoms with E-state index in [-0.39, 0.29) is 28.1 Å². The summed E-state index contributed by atoms with van der Waals surface area (Å²) in [4.78, 5) is 2.41. The van der Waals surface area contributed by atoms with E-state index in [4.69, 9.17) is 14.2 Å². The molecule has 0 aromatic heterocycles. The molecule has 2 fully saturated rings. The molecule has 1 saturated heterocycles. The number of anilines is 1. The summed E-state index contributed by atoms with van der Waals surface area (Å²) in [5.41, 5.74) is 9.94. The number of hydrogen-bond acceptors (Lipinski definition) is 4. The number of allylic oxidation sites excluding steroid dienone is 2. The molecule has 4 heteroatoms. The second-order valence-electron chi connectivity index (χ2n) is 17.0. The zero-order valence-corrected chi connectivity index (χ0v) is 30.2. The van der Waals surface area contributed by atoms with Gasteiger partial charge in [0.05, 0.1) is 20.3 Å². The summed E-state index contributed by atoms with van der Waals surface area (Å²) in [5.74, 6) is 2.37. The lowest BCUT2D eigenvalue weighted by Crippen LogP contribution is -2.48. The zero-order valence-electron chi connectivity index (χ0n) is 30.2. The summed E-state index contributed by atoms with van der Waals surface area (Å²) < 4.78 is 19.2. The minimum Gasteiger partial charge on any atom is -0.497 e. The second kappa shape index (κ2) is 11.4. The Balaban J connectivity index is 1.25. The van der Waals surface area contributed by atoms with E-state index in [1.165, 1.54) is 28.8 Å². The maximum absolute atomic E-state index is 7.71. The first-order valence-corrected chi connectivity index (χ1v) is 18.5. The van der Waals surface area contributed by atoms with E-state index >= 15 is 0 Å². The van der Waals surface area contributed by atoms with E-state index in [0.717, 1.165) is 67.3 Å². The van der Waals surface area contributed by atoms with Crippen molar-refractivity contribution in [1.29, 1.82) is 0 Å². The molecule has 5 aliphatic rings. The lowest BCUT2D eigenvalue weighted by Gasteiger charge is -2.55. The van der Waals surface area contributed by atoms with Crippen molar-refractivity contribution in [3.05, 3.63) is 148 Å². The van der Waals surface area contributed by atoms with E-state index in [0.29, 0.717) is 0 Å². The maximum atomic E-state index is 7.71. The molecule has 3 unspecified atom stereocenters. The van der Waals surface area contributed by atoms with Gasteiger partial charge >= 0.3 is 0 Å². The minimum atomic E-state index is -0.791. The van der Waals surface area contributed by atoms with Crippen LogP contribution in [0.25, 0.3) is 5.76 Å². The third-order valence-corrected chi connectivity index (χ3v) is 12.4. The van der Waals surface area contributed by atoms with Crippen LogP contribution in [-0.2, 0) is 20.5 Å². The molecule has 4 nitrogen and oxygen atoms in total. The molecule has 2 aliphatic heterocycles. The number of nitrogens with zero attached hydrogens (tertiary/aromatic N) is 1. The number of morpholine rings is 1. The minimum absolute atomic E-state index is 0.00897. The number of ether oxygens (including phenoxy) is 3. The quantitative estimate of drug-likeness (QED) is 0.218. The van der Waals surface area contributed by atoms with Gasteiger partial charge in [-0.2, -0.15) is 0 Å². The van der Waals surface area contributed by atoms with E-state index in [1.807, 2.05) is 0 Å². The number of rotatable bonds is 4. The fourth-order valence-corrected chi connectivity index (χ4v) is 11.3. The Morgan fingerprint density at radius 1 is 0.720 bits per heavy atom. The molecule has 2 heterocycles. The van der Waals surface area contributed by atoms with E-state index in [1.54, 1.807) is 12.7 Å². The molecule has 0 radical (unpaired) electrons. The fraction of sp³-hybridized carbons (Fsp3) is 0.391. The molecule has 256 valence electrons. The van der Waals surface area contributed by atoms with E-state index in [2.05, 4.69) is 142 Å². The number of fused-ring (bicyclic) bond motifs is 9. The van der Waals surface area contributed by atoms with Crippen LogP contribution in [0.2, 0.25) is 0 Å². The molecule has 1 saturated carbocycles. The molecule has 3 atom stereocenters. The van der Waals surface area contributed by atoms with Gasteiger partial charge in [0.1, 0.15) is 11.5 Å². The number of benzene rings is 4. The monoisotopic (exact) mass is 663 g/mol.